The summed E-state index contributed by atoms with van der Waals surface area (Å²) in [7, 11) is 0. The van der Waals surface area contributed by atoms with Gasteiger partial charge in [0.05, 0.1) is 11.8 Å². The Balaban J connectivity index is 2.54. The van der Waals surface area contributed by atoms with Crippen molar-refractivity contribution in [1.82, 2.24) is 0 Å². The highest BCUT2D eigenvalue weighted by Gasteiger charge is 2.58. The van der Waals surface area contributed by atoms with E-state index < -0.39 is 71.5 Å². The van der Waals surface area contributed by atoms with Gasteiger partial charge >= 0.3 is 17.9 Å². The SMILES string of the molecule is C=C1C(=O)O[C@H]2[C@H]1[C@@H](O)[C@H](OC(=O)CC(C)C)[C@H](C)CCC(=O)[C@](C)(O)[C@@H]2OC(=O)C(C)CC. The predicted molar refractivity (Wildman–Crippen MR) is 121 cm³/mol. The molecule has 192 valence electrons. The van der Waals surface area contributed by atoms with Crippen molar-refractivity contribution in [2.75, 3.05) is 0 Å². The molecule has 0 aromatic heterocycles. The van der Waals surface area contributed by atoms with Crippen molar-refractivity contribution in [1.29, 1.82) is 0 Å². The Labute approximate surface area is 200 Å². The van der Waals surface area contributed by atoms with Crippen LogP contribution >= 0.6 is 0 Å². The Morgan fingerprint density at radius 3 is 2.41 bits per heavy atom. The number of aliphatic hydroxyl groups is 2. The number of ketones is 1. The molecular formula is C25H38O9. The molecule has 9 heteroatoms. The quantitative estimate of drug-likeness (QED) is 0.331. The Morgan fingerprint density at radius 2 is 1.85 bits per heavy atom. The number of aliphatic hydroxyl groups excluding tert-OH is 1. The number of carbonyl (C=O) groups is 4. The van der Waals surface area contributed by atoms with Gasteiger partial charge in [0.15, 0.2) is 23.6 Å². The van der Waals surface area contributed by atoms with Crippen LogP contribution in [-0.2, 0) is 33.4 Å². The molecule has 9 nitrogen and oxygen atoms in total. The van der Waals surface area contributed by atoms with Crippen LogP contribution < -0.4 is 0 Å². The van der Waals surface area contributed by atoms with Gasteiger partial charge in [0.2, 0.25) is 0 Å². The fraction of sp³-hybridized carbons (Fsp3) is 0.760. The number of hydrogen-bond acceptors (Lipinski definition) is 9. The monoisotopic (exact) mass is 482 g/mol. The maximum Gasteiger partial charge on any atom is 0.334 e. The van der Waals surface area contributed by atoms with Gasteiger partial charge in [-0.3, -0.25) is 14.4 Å². The van der Waals surface area contributed by atoms with E-state index >= 15 is 0 Å². The highest BCUT2D eigenvalue weighted by molar-refractivity contribution is 5.92. The minimum atomic E-state index is -2.18. The lowest BCUT2D eigenvalue weighted by Gasteiger charge is -2.41. The van der Waals surface area contributed by atoms with Crippen LogP contribution in [0.1, 0.15) is 67.2 Å². The van der Waals surface area contributed by atoms with Crippen LogP contribution in [0.25, 0.3) is 0 Å². The molecule has 0 radical (unpaired) electrons. The molecule has 1 unspecified atom stereocenters. The van der Waals surface area contributed by atoms with Crippen LogP contribution in [0.15, 0.2) is 12.2 Å². The van der Waals surface area contributed by atoms with Gasteiger partial charge in [-0.25, -0.2) is 4.79 Å². The smallest absolute Gasteiger partial charge is 0.334 e. The lowest BCUT2D eigenvalue weighted by molar-refractivity contribution is -0.199. The van der Waals surface area contributed by atoms with Crippen LogP contribution in [0.3, 0.4) is 0 Å². The summed E-state index contributed by atoms with van der Waals surface area (Å²) in [5, 5.41) is 22.6. The Kier molecular flexibility index (Phi) is 9.04. The summed E-state index contributed by atoms with van der Waals surface area (Å²) in [5.74, 6) is -4.80. The average Bonchev–Trinajstić information content (AvgIpc) is 3.04. The Hall–Kier alpha value is -2.26. The predicted octanol–water partition coefficient (Wildman–Crippen LogP) is 2.11. The van der Waals surface area contributed by atoms with Crippen molar-refractivity contribution < 1.29 is 43.6 Å². The molecule has 1 saturated heterocycles. The average molecular weight is 483 g/mol. The molecule has 0 bridgehead atoms. The van der Waals surface area contributed by atoms with Crippen LogP contribution in [0.4, 0.5) is 0 Å². The fourth-order valence-electron chi connectivity index (χ4n) is 4.36. The largest absolute Gasteiger partial charge is 0.459 e. The third-order valence-corrected chi connectivity index (χ3v) is 6.87. The lowest BCUT2D eigenvalue weighted by Crippen LogP contribution is -2.59. The standard InChI is InChI=1S/C25H38O9/c1-8-13(4)23(29)34-22-21-18(15(6)24(30)33-21)19(28)20(32-17(27)11-12(2)3)14(5)9-10-16(26)25(22,7)31/h12-14,18-22,28,31H,6,8-11H2,1-5,7H3/t13?,14-,18-,19-,20-,21+,22-,25+/m1/s1. The van der Waals surface area contributed by atoms with E-state index in [-0.39, 0.29) is 30.8 Å². The van der Waals surface area contributed by atoms with E-state index in [1.165, 1.54) is 6.92 Å². The van der Waals surface area contributed by atoms with Crippen molar-refractivity contribution in [2.24, 2.45) is 23.7 Å². The van der Waals surface area contributed by atoms with E-state index in [4.69, 9.17) is 14.2 Å². The molecule has 1 heterocycles. The van der Waals surface area contributed by atoms with Crippen molar-refractivity contribution in [2.45, 2.75) is 97.2 Å². The number of carbonyl (C=O) groups excluding carboxylic acids is 4. The van der Waals surface area contributed by atoms with E-state index in [0.717, 1.165) is 0 Å². The summed E-state index contributed by atoms with van der Waals surface area (Å²) >= 11 is 0. The van der Waals surface area contributed by atoms with Gasteiger partial charge in [-0.15, -0.1) is 0 Å². The molecule has 0 amide bonds. The molecule has 34 heavy (non-hydrogen) atoms. The Morgan fingerprint density at radius 1 is 1.24 bits per heavy atom. The molecule has 2 rings (SSSR count). The normalized spacial score (nSPS) is 35.4. The van der Waals surface area contributed by atoms with E-state index in [2.05, 4.69) is 6.58 Å². The molecular weight excluding hydrogens is 444 g/mol. The molecule has 1 aliphatic heterocycles. The Bertz CT molecular complexity index is 815. The summed E-state index contributed by atoms with van der Waals surface area (Å²) in [6.07, 6.45) is -4.82. The van der Waals surface area contributed by atoms with E-state index in [0.29, 0.717) is 6.42 Å². The van der Waals surface area contributed by atoms with Gasteiger partial charge in [0.25, 0.3) is 0 Å². The third kappa shape index (κ3) is 5.86. The van der Waals surface area contributed by atoms with Crippen LogP contribution in [0.2, 0.25) is 0 Å². The number of fused-ring (bicyclic) bond motifs is 1. The molecule has 0 aromatic carbocycles. The van der Waals surface area contributed by atoms with Crippen LogP contribution in [0, 0.1) is 23.7 Å². The zero-order valence-corrected chi connectivity index (χ0v) is 20.9. The second-order valence-corrected chi connectivity index (χ2v) is 10.2. The van der Waals surface area contributed by atoms with Crippen LogP contribution in [-0.4, -0.2) is 63.9 Å². The molecule has 1 saturated carbocycles. The molecule has 0 spiro atoms. The minimum Gasteiger partial charge on any atom is -0.459 e. The zero-order valence-electron chi connectivity index (χ0n) is 20.9. The van der Waals surface area contributed by atoms with E-state index in [1.807, 2.05) is 13.8 Å². The second kappa shape index (κ2) is 11.0. The summed E-state index contributed by atoms with van der Waals surface area (Å²) in [6.45, 7) is 13.8. The van der Waals surface area contributed by atoms with Gasteiger partial charge in [0.1, 0.15) is 12.2 Å². The topological polar surface area (TPSA) is 136 Å². The number of hydrogen-bond donors (Lipinski definition) is 2. The van der Waals surface area contributed by atoms with E-state index in [9.17, 15) is 29.4 Å². The first-order chi connectivity index (χ1) is 15.7. The first-order valence-corrected chi connectivity index (χ1v) is 12.0. The zero-order chi connectivity index (χ0) is 26.0. The number of Topliss-reactive ketones (excluding diaryl/α,β-unsaturated/α-hetero) is 1. The number of esters is 3. The van der Waals surface area contributed by atoms with Crippen molar-refractivity contribution >= 4 is 23.7 Å². The number of rotatable bonds is 6. The highest BCUT2D eigenvalue weighted by Crippen LogP contribution is 2.41. The van der Waals surface area contributed by atoms with Crippen molar-refractivity contribution in [3.8, 4) is 0 Å². The van der Waals surface area contributed by atoms with Crippen molar-refractivity contribution in [3.05, 3.63) is 12.2 Å². The van der Waals surface area contributed by atoms with Gasteiger partial charge < -0.3 is 24.4 Å². The second-order valence-electron chi connectivity index (χ2n) is 10.2. The molecule has 1 aliphatic carbocycles. The first-order valence-electron chi connectivity index (χ1n) is 12.0. The van der Waals surface area contributed by atoms with Gasteiger partial charge in [-0.1, -0.05) is 41.2 Å². The molecule has 2 fully saturated rings. The van der Waals surface area contributed by atoms with E-state index in [1.54, 1.807) is 20.8 Å². The molecule has 2 N–H and O–H groups in total. The van der Waals surface area contributed by atoms with Gasteiger partial charge in [-0.05, 0) is 31.6 Å². The summed E-state index contributed by atoms with van der Waals surface area (Å²) in [5.41, 5.74) is -2.29. The maximum absolute atomic E-state index is 13.1. The lowest BCUT2D eigenvalue weighted by atomic mass is 9.75. The van der Waals surface area contributed by atoms with Crippen LogP contribution in [0.5, 0.6) is 0 Å². The maximum atomic E-state index is 13.1. The summed E-state index contributed by atoms with van der Waals surface area (Å²) < 4.78 is 16.6. The highest BCUT2D eigenvalue weighted by atomic mass is 16.6. The minimum absolute atomic E-state index is 0.0274. The van der Waals surface area contributed by atoms with Gasteiger partial charge in [-0.2, -0.15) is 0 Å². The molecule has 2 aliphatic rings. The summed E-state index contributed by atoms with van der Waals surface area (Å²) in [6, 6.07) is 0. The fourth-order valence-corrected chi connectivity index (χ4v) is 4.36. The third-order valence-electron chi connectivity index (χ3n) is 6.87. The van der Waals surface area contributed by atoms with Crippen molar-refractivity contribution in [3.63, 3.8) is 0 Å². The number of ether oxygens (including phenoxy) is 3. The first kappa shape index (κ1) is 28.0. The van der Waals surface area contributed by atoms with Gasteiger partial charge in [0, 0.05) is 18.4 Å². The molecule has 8 atom stereocenters. The summed E-state index contributed by atoms with van der Waals surface area (Å²) in [4.78, 5) is 50.7. The molecule has 0 aromatic rings.